The topological polar surface area (TPSA) is 110 Å². The molecule has 3 atom stereocenters. The normalized spacial score (nSPS) is 27.2. The van der Waals surface area contributed by atoms with Gasteiger partial charge in [0.25, 0.3) is 0 Å². The highest BCUT2D eigenvalue weighted by atomic mass is 32.2. The van der Waals surface area contributed by atoms with Crippen LogP contribution in [0.25, 0.3) is 0 Å². The van der Waals surface area contributed by atoms with Crippen molar-refractivity contribution in [2.24, 2.45) is 10.9 Å². The van der Waals surface area contributed by atoms with Gasteiger partial charge in [0.2, 0.25) is 11.8 Å². The molecule has 0 aromatic carbocycles. The summed E-state index contributed by atoms with van der Waals surface area (Å²) in [5.41, 5.74) is -0.448. The highest BCUT2D eigenvalue weighted by Crippen LogP contribution is 2.32. The van der Waals surface area contributed by atoms with Crippen molar-refractivity contribution in [1.82, 2.24) is 15.6 Å². The van der Waals surface area contributed by atoms with Crippen molar-refractivity contribution in [2.45, 2.75) is 57.8 Å². The van der Waals surface area contributed by atoms with Crippen LogP contribution < -0.4 is 10.6 Å². The molecule has 33 heavy (non-hydrogen) atoms. The van der Waals surface area contributed by atoms with Crippen LogP contribution >= 0.6 is 35.7 Å². The van der Waals surface area contributed by atoms with Gasteiger partial charge in [0.05, 0.1) is 13.0 Å². The standard InChI is InChI=1S/C21H27FN4O4S3/c1-11(2)17-19(28)30-14(12(22)5-4-6-31)7-15(27)23-8-16-24-13(9-32-16)18-26-21(3,10-33-18)20(29)25-17/h5,9,11,14,17,31H,4,6-8,10H2,1-3H3,(H,23,27)(H,25,29)/b12-5-/t14-,17+,21+/m1/s1. The number of cyclic esters (lactones) is 1. The summed E-state index contributed by atoms with van der Waals surface area (Å²) in [6.45, 7) is 5.34. The smallest absolute Gasteiger partial charge is 0.329 e. The lowest BCUT2D eigenvalue weighted by Gasteiger charge is -2.27. The lowest BCUT2D eigenvalue weighted by molar-refractivity contribution is -0.154. The number of fused-ring (bicyclic) bond motifs is 4. The van der Waals surface area contributed by atoms with E-state index >= 15 is 0 Å². The quantitative estimate of drug-likeness (QED) is 0.421. The third kappa shape index (κ3) is 6.36. The number of halogens is 1. The summed E-state index contributed by atoms with van der Waals surface area (Å²) in [7, 11) is 0. The molecule has 0 aliphatic carbocycles. The van der Waals surface area contributed by atoms with E-state index in [4.69, 9.17) is 4.74 Å². The van der Waals surface area contributed by atoms with Crippen molar-refractivity contribution in [1.29, 1.82) is 0 Å². The van der Waals surface area contributed by atoms with Crippen LogP contribution in [0.15, 0.2) is 22.3 Å². The molecule has 0 unspecified atom stereocenters. The Hall–Kier alpha value is -1.92. The number of carbonyl (C=O) groups excluding carboxylic acids is 3. The van der Waals surface area contributed by atoms with Gasteiger partial charge in [-0.15, -0.1) is 23.1 Å². The first-order valence-electron chi connectivity index (χ1n) is 10.5. The number of allylic oxidation sites excluding steroid dienone is 1. The SMILES string of the molecule is CC(C)[C@@H]1NC(=O)[C@]2(C)CSC(=N2)c2csc(n2)CNC(=O)C[C@H](/C(F)=C/CCS)OC1=O. The van der Waals surface area contributed by atoms with Crippen molar-refractivity contribution < 1.29 is 23.5 Å². The third-order valence-electron chi connectivity index (χ3n) is 5.15. The number of thiol groups is 1. The predicted octanol–water partition coefficient (Wildman–Crippen LogP) is 2.64. The number of thioether (sulfide) groups is 1. The molecule has 2 aliphatic rings. The Labute approximate surface area is 205 Å². The zero-order valence-electron chi connectivity index (χ0n) is 18.6. The molecule has 1 aromatic rings. The van der Waals surface area contributed by atoms with E-state index < -0.39 is 47.7 Å². The minimum atomic E-state index is -1.41. The monoisotopic (exact) mass is 514 g/mol. The van der Waals surface area contributed by atoms with Gasteiger partial charge in [-0.3, -0.25) is 14.6 Å². The number of aromatic nitrogens is 1. The van der Waals surface area contributed by atoms with Gasteiger partial charge in [-0.2, -0.15) is 12.6 Å². The van der Waals surface area contributed by atoms with Crippen LogP contribution in [0.2, 0.25) is 0 Å². The first-order chi connectivity index (χ1) is 15.6. The predicted molar refractivity (Wildman–Crippen MR) is 130 cm³/mol. The van der Waals surface area contributed by atoms with Crippen LogP contribution in [-0.2, 0) is 25.7 Å². The lowest BCUT2D eigenvalue weighted by atomic mass is 10.0. The summed E-state index contributed by atoms with van der Waals surface area (Å²) in [5.74, 6) is -2.00. The Morgan fingerprint density at radius 3 is 2.88 bits per heavy atom. The molecule has 0 spiro atoms. The summed E-state index contributed by atoms with van der Waals surface area (Å²) in [6, 6.07) is -1.03. The minimum Gasteiger partial charge on any atom is -0.453 e. The van der Waals surface area contributed by atoms with E-state index in [1.165, 1.54) is 29.2 Å². The molecule has 0 radical (unpaired) electrons. The van der Waals surface area contributed by atoms with Gasteiger partial charge in [0.1, 0.15) is 33.2 Å². The van der Waals surface area contributed by atoms with E-state index in [1.54, 1.807) is 20.8 Å². The molecule has 3 rings (SSSR count). The number of aliphatic imine (C=N–C) groups is 1. The number of thiazole rings is 1. The van der Waals surface area contributed by atoms with E-state index in [0.29, 0.717) is 33.7 Å². The van der Waals surface area contributed by atoms with Gasteiger partial charge >= 0.3 is 5.97 Å². The Morgan fingerprint density at radius 2 is 2.18 bits per heavy atom. The number of nitrogens with one attached hydrogen (secondary N) is 2. The number of rotatable bonds is 4. The molecule has 3 heterocycles. The fraction of sp³-hybridized carbons (Fsp3) is 0.571. The molecule has 1 aromatic heterocycles. The number of esters is 1. The molecule has 180 valence electrons. The maximum Gasteiger partial charge on any atom is 0.329 e. The molecule has 2 N–H and O–H groups in total. The molecule has 12 heteroatoms. The van der Waals surface area contributed by atoms with Crippen molar-refractivity contribution in [3.05, 3.63) is 28.0 Å². The van der Waals surface area contributed by atoms with E-state index in [2.05, 4.69) is 33.2 Å². The van der Waals surface area contributed by atoms with Gasteiger partial charge in [0.15, 0.2) is 6.10 Å². The Balaban J connectivity index is 1.95. The maximum absolute atomic E-state index is 14.8. The summed E-state index contributed by atoms with van der Waals surface area (Å²) >= 11 is 6.82. The van der Waals surface area contributed by atoms with Crippen LogP contribution in [0.1, 0.15) is 44.3 Å². The largest absolute Gasteiger partial charge is 0.453 e. The van der Waals surface area contributed by atoms with Crippen molar-refractivity contribution in [2.75, 3.05) is 11.5 Å². The number of hydrogen-bond donors (Lipinski definition) is 3. The van der Waals surface area contributed by atoms with Gasteiger partial charge in [0, 0.05) is 11.1 Å². The molecular formula is C21H27FN4O4S3. The highest BCUT2D eigenvalue weighted by molar-refractivity contribution is 8.14. The Morgan fingerprint density at radius 1 is 1.42 bits per heavy atom. The van der Waals surface area contributed by atoms with Crippen molar-refractivity contribution in [3.63, 3.8) is 0 Å². The van der Waals surface area contributed by atoms with Gasteiger partial charge < -0.3 is 15.4 Å². The summed E-state index contributed by atoms with van der Waals surface area (Å²) in [5, 5.41) is 8.52. The maximum atomic E-state index is 14.8. The second-order valence-electron chi connectivity index (χ2n) is 8.31. The first kappa shape index (κ1) is 25.7. The molecule has 2 amide bonds. The minimum absolute atomic E-state index is 0.149. The Bertz CT molecular complexity index is 980. The molecule has 8 nitrogen and oxygen atoms in total. The molecule has 4 bridgehead atoms. The average Bonchev–Trinajstić information content (AvgIpc) is 3.40. The summed E-state index contributed by atoms with van der Waals surface area (Å²) in [6.07, 6.45) is -0.234. The number of nitrogens with zero attached hydrogens (tertiary/aromatic N) is 2. The summed E-state index contributed by atoms with van der Waals surface area (Å²) in [4.78, 5) is 47.6. The molecule has 0 saturated carbocycles. The molecule has 2 aliphatic heterocycles. The van der Waals surface area contributed by atoms with Gasteiger partial charge in [-0.25, -0.2) is 14.2 Å². The average molecular weight is 515 g/mol. The number of hydrogen-bond acceptors (Lipinski definition) is 9. The molecular weight excluding hydrogens is 487 g/mol. The molecule has 0 fully saturated rings. The second kappa shape index (κ2) is 11.0. The zero-order valence-corrected chi connectivity index (χ0v) is 21.1. The van der Waals surface area contributed by atoms with E-state index in [-0.39, 0.29) is 12.5 Å². The van der Waals surface area contributed by atoms with Crippen molar-refractivity contribution >= 4 is 58.6 Å². The van der Waals surface area contributed by atoms with Crippen LogP contribution in [-0.4, -0.2) is 57.0 Å². The van der Waals surface area contributed by atoms with Crippen LogP contribution in [0.3, 0.4) is 0 Å². The van der Waals surface area contributed by atoms with Crippen molar-refractivity contribution in [3.8, 4) is 0 Å². The first-order valence-corrected chi connectivity index (χ1v) is 13.0. The van der Waals surface area contributed by atoms with Crippen LogP contribution in [0.5, 0.6) is 0 Å². The zero-order chi connectivity index (χ0) is 24.2. The number of carbonyl (C=O) groups is 3. The van der Waals surface area contributed by atoms with E-state index in [0.717, 1.165) is 0 Å². The Kier molecular flexibility index (Phi) is 8.57. The third-order valence-corrected chi connectivity index (χ3v) is 7.53. The number of amides is 2. The lowest BCUT2D eigenvalue weighted by Crippen LogP contribution is -2.53. The fourth-order valence-corrected chi connectivity index (χ4v) is 5.24. The highest BCUT2D eigenvalue weighted by Gasteiger charge is 2.42. The molecule has 0 saturated heterocycles. The fourth-order valence-electron chi connectivity index (χ4n) is 3.19. The van der Waals surface area contributed by atoms with Crippen LogP contribution in [0.4, 0.5) is 4.39 Å². The number of ether oxygens (including phenoxy) is 1. The van der Waals surface area contributed by atoms with Gasteiger partial charge in [-0.1, -0.05) is 13.8 Å². The van der Waals surface area contributed by atoms with E-state index in [9.17, 15) is 18.8 Å². The van der Waals surface area contributed by atoms with Gasteiger partial charge in [-0.05, 0) is 31.1 Å². The second-order valence-corrected chi connectivity index (χ2v) is 10.7. The summed E-state index contributed by atoms with van der Waals surface area (Å²) < 4.78 is 20.2. The van der Waals surface area contributed by atoms with Crippen LogP contribution in [0, 0.1) is 5.92 Å². The van der Waals surface area contributed by atoms with E-state index in [1.807, 2.05) is 5.38 Å².